The van der Waals surface area contributed by atoms with E-state index in [1.165, 1.54) is 0 Å². The summed E-state index contributed by atoms with van der Waals surface area (Å²) in [5.74, 6) is 1.89. The van der Waals surface area contributed by atoms with Crippen LogP contribution in [0, 0.1) is 0 Å². The van der Waals surface area contributed by atoms with Gasteiger partial charge in [0.1, 0.15) is 11.5 Å². The van der Waals surface area contributed by atoms with Gasteiger partial charge in [0.25, 0.3) is 0 Å². The van der Waals surface area contributed by atoms with E-state index < -0.39 is 0 Å². The summed E-state index contributed by atoms with van der Waals surface area (Å²) in [6, 6.07) is 11.6. The molecule has 0 saturated heterocycles. The number of benzene rings is 1. The molecule has 1 aliphatic rings. The molecule has 1 heterocycles. The van der Waals surface area contributed by atoms with Crippen molar-refractivity contribution in [2.24, 2.45) is 0 Å². The molecule has 1 aromatic heterocycles. The first-order valence-electron chi connectivity index (χ1n) is 7.21. The molecule has 3 heteroatoms. The molecule has 108 valence electrons. The third-order valence-electron chi connectivity index (χ3n) is 3.93. The van der Waals surface area contributed by atoms with Crippen LogP contribution in [0.25, 0.3) is 6.08 Å². The van der Waals surface area contributed by atoms with Crippen molar-refractivity contribution in [2.45, 2.75) is 25.2 Å². The van der Waals surface area contributed by atoms with Gasteiger partial charge in [0.2, 0.25) is 0 Å². The second-order valence-corrected chi connectivity index (χ2v) is 5.23. The van der Waals surface area contributed by atoms with Crippen molar-refractivity contribution in [1.29, 1.82) is 0 Å². The Hall–Kier alpha value is -2.29. The van der Waals surface area contributed by atoms with Crippen molar-refractivity contribution in [3.63, 3.8) is 0 Å². The van der Waals surface area contributed by atoms with Gasteiger partial charge in [-0.2, -0.15) is 0 Å². The predicted molar refractivity (Wildman–Crippen MR) is 81.3 cm³/mol. The Labute approximate surface area is 124 Å². The van der Waals surface area contributed by atoms with Gasteiger partial charge in [0.15, 0.2) is 5.78 Å². The lowest BCUT2D eigenvalue weighted by atomic mass is 9.81. The second kappa shape index (κ2) is 6.00. The fourth-order valence-corrected chi connectivity index (χ4v) is 2.88. The van der Waals surface area contributed by atoms with Gasteiger partial charge in [-0.1, -0.05) is 18.2 Å². The third-order valence-corrected chi connectivity index (χ3v) is 3.93. The summed E-state index contributed by atoms with van der Waals surface area (Å²) in [4.78, 5) is 12.4. The maximum atomic E-state index is 12.4. The van der Waals surface area contributed by atoms with Gasteiger partial charge < -0.3 is 9.15 Å². The van der Waals surface area contributed by atoms with Gasteiger partial charge in [-0.15, -0.1) is 0 Å². The largest absolute Gasteiger partial charge is 0.496 e. The lowest BCUT2D eigenvalue weighted by Crippen LogP contribution is -2.17. The number of furan rings is 1. The Balaban J connectivity index is 2.03. The quantitative estimate of drug-likeness (QED) is 0.792. The number of ketones is 1. The van der Waals surface area contributed by atoms with Gasteiger partial charge in [-0.05, 0) is 37.1 Å². The van der Waals surface area contributed by atoms with Crippen molar-refractivity contribution < 1.29 is 13.9 Å². The van der Waals surface area contributed by atoms with Crippen LogP contribution < -0.4 is 4.74 Å². The second-order valence-electron chi connectivity index (χ2n) is 5.23. The van der Waals surface area contributed by atoms with E-state index in [-0.39, 0.29) is 11.7 Å². The normalized spacial score (nSPS) is 20.7. The molecule has 3 nitrogen and oxygen atoms in total. The summed E-state index contributed by atoms with van der Waals surface area (Å²) in [5.41, 5.74) is 1.75. The maximum Gasteiger partial charge on any atom is 0.159 e. The number of rotatable bonds is 3. The highest BCUT2D eigenvalue weighted by atomic mass is 16.5. The fraction of sp³-hybridized carbons (Fsp3) is 0.278. The van der Waals surface area contributed by atoms with Crippen LogP contribution >= 0.6 is 0 Å². The first-order valence-corrected chi connectivity index (χ1v) is 7.21. The molecule has 3 rings (SSSR count). The first-order chi connectivity index (χ1) is 10.3. The fourth-order valence-electron chi connectivity index (χ4n) is 2.88. The molecule has 1 aromatic carbocycles. The SMILES string of the molecule is COc1ccccc1/C=C1\C(=O)CCCC1c1ccco1. The molecule has 0 N–H and O–H groups in total. The molecule has 0 radical (unpaired) electrons. The summed E-state index contributed by atoms with van der Waals surface area (Å²) < 4.78 is 10.9. The van der Waals surface area contributed by atoms with Crippen LogP contribution in [0.4, 0.5) is 0 Å². The van der Waals surface area contributed by atoms with Crippen LogP contribution in [-0.4, -0.2) is 12.9 Å². The molecule has 1 aliphatic carbocycles. The minimum absolute atomic E-state index is 0.0474. The number of allylic oxidation sites excluding steroid dienone is 1. The minimum atomic E-state index is 0.0474. The van der Waals surface area contributed by atoms with Gasteiger partial charge in [0, 0.05) is 23.5 Å². The number of carbonyl (C=O) groups is 1. The van der Waals surface area contributed by atoms with Crippen molar-refractivity contribution in [3.8, 4) is 5.75 Å². The van der Waals surface area contributed by atoms with Crippen molar-refractivity contribution in [3.05, 3.63) is 59.6 Å². The molecule has 0 bridgehead atoms. The lowest BCUT2D eigenvalue weighted by molar-refractivity contribution is -0.116. The van der Waals surface area contributed by atoms with E-state index in [1.807, 2.05) is 42.5 Å². The van der Waals surface area contributed by atoms with Gasteiger partial charge >= 0.3 is 0 Å². The first kappa shape index (κ1) is 13.7. The Kier molecular flexibility index (Phi) is 3.91. The number of hydrogen-bond acceptors (Lipinski definition) is 3. The molecular formula is C18H18O3. The Morgan fingerprint density at radius 1 is 1.24 bits per heavy atom. The number of ether oxygens (including phenoxy) is 1. The summed E-state index contributed by atoms with van der Waals surface area (Å²) in [5, 5.41) is 0. The van der Waals surface area contributed by atoms with Crippen LogP contribution in [0.15, 0.2) is 52.7 Å². The molecule has 0 aliphatic heterocycles. The number of methoxy groups -OCH3 is 1. The van der Waals surface area contributed by atoms with Crippen LogP contribution in [0.3, 0.4) is 0 Å². The van der Waals surface area contributed by atoms with Crippen molar-refractivity contribution in [2.75, 3.05) is 7.11 Å². The summed E-state index contributed by atoms with van der Waals surface area (Å²) in [6.07, 6.45) is 6.08. The zero-order valence-corrected chi connectivity index (χ0v) is 12.0. The molecule has 21 heavy (non-hydrogen) atoms. The third kappa shape index (κ3) is 2.77. The van der Waals surface area contributed by atoms with E-state index in [9.17, 15) is 4.79 Å². The maximum absolute atomic E-state index is 12.4. The molecular weight excluding hydrogens is 264 g/mol. The smallest absolute Gasteiger partial charge is 0.159 e. The van der Waals surface area contributed by atoms with Crippen LogP contribution in [0.1, 0.15) is 36.5 Å². The molecule has 2 aromatic rings. The Morgan fingerprint density at radius 3 is 2.86 bits per heavy atom. The van der Waals surface area contributed by atoms with E-state index in [2.05, 4.69) is 0 Å². The molecule has 0 spiro atoms. The van der Waals surface area contributed by atoms with Gasteiger partial charge in [-0.25, -0.2) is 0 Å². The highest BCUT2D eigenvalue weighted by molar-refractivity contribution is 6.01. The standard InChI is InChI=1S/C18H18O3/c1-20-17-9-3-2-6-13(17)12-15-14(7-4-8-16(15)19)18-10-5-11-21-18/h2-3,5-6,9-12,14H,4,7-8H2,1H3/b15-12-. The molecule has 1 atom stereocenters. The summed E-state index contributed by atoms with van der Waals surface area (Å²) >= 11 is 0. The van der Waals surface area contributed by atoms with E-state index >= 15 is 0 Å². The number of hydrogen-bond donors (Lipinski definition) is 0. The van der Waals surface area contributed by atoms with E-state index in [0.717, 1.165) is 35.5 Å². The van der Waals surface area contributed by atoms with E-state index in [1.54, 1.807) is 13.4 Å². The van der Waals surface area contributed by atoms with Crippen molar-refractivity contribution in [1.82, 2.24) is 0 Å². The Bertz CT molecular complexity index is 653. The summed E-state index contributed by atoms with van der Waals surface area (Å²) in [6.45, 7) is 0. The highest BCUT2D eigenvalue weighted by Crippen LogP contribution is 2.37. The molecule has 0 amide bonds. The molecule has 1 unspecified atom stereocenters. The van der Waals surface area contributed by atoms with Crippen LogP contribution in [0.5, 0.6) is 5.75 Å². The molecule has 1 saturated carbocycles. The number of para-hydroxylation sites is 1. The van der Waals surface area contributed by atoms with Crippen LogP contribution in [0.2, 0.25) is 0 Å². The topological polar surface area (TPSA) is 39.4 Å². The van der Waals surface area contributed by atoms with Gasteiger partial charge in [0.05, 0.1) is 13.4 Å². The Morgan fingerprint density at radius 2 is 2.10 bits per heavy atom. The summed E-state index contributed by atoms with van der Waals surface area (Å²) in [7, 11) is 1.64. The zero-order chi connectivity index (χ0) is 14.7. The molecule has 1 fully saturated rings. The lowest BCUT2D eigenvalue weighted by Gasteiger charge is -2.23. The van der Waals surface area contributed by atoms with E-state index in [4.69, 9.17) is 9.15 Å². The van der Waals surface area contributed by atoms with Gasteiger partial charge in [-0.3, -0.25) is 4.79 Å². The highest BCUT2D eigenvalue weighted by Gasteiger charge is 2.28. The number of Topliss-reactive ketones (excluding diaryl/α,β-unsaturated/α-hetero) is 1. The number of carbonyl (C=O) groups excluding carboxylic acids is 1. The van der Waals surface area contributed by atoms with Crippen LogP contribution in [-0.2, 0) is 4.79 Å². The monoisotopic (exact) mass is 282 g/mol. The van der Waals surface area contributed by atoms with E-state index in [0.29, 0.717) is 6.42 Å². The van der Waals surface area contributed by atoms with Crippen molar-refractivity contribution >= 4 is 11.9 Å². The zero-order valence-electron chi connectivity index (χ0n) is 12.0. The average Bonchev–Trinajstić information content (AvgIpc) is 3.04. The average molecular weight is 282 g/mol. The predicted octanol–water partition coefficient (Wildman–Crippen LogP) is 4.21. The minimum Gasteiger partial charge on any atom is -0.496 e.